The summed E-state index contributed by atoms with van der Waals surface area (Å²) in [4.78, 5) is 13.5. The van der Waals surface area contributed by atoms with Crippen LogP contribution in [0.15, 0.2) is 59.9 Å². The van der Waals surface area contributed by atoms with Crippen molar-refractivity contribution in [1.29, 1.82) is 5.26 Å². The molecule has 5 heteroatoms. The van der Waals surface area contributed by atoms with Crippen molar-refractivity contribution in [2.24, 2.45) is 16.1 Å². The molecule has 1 aromatic carbocycles. The summed E-state index contributed by atoms with van der Waals surface area (Å²) in [5.74, 6) is 0. The molecule has 0 atom stereocenters. The molecule has 0 amide bonds. The Balaban J connectivity index is 2.10. The van der Waals surface area contributed by atoms with Gasteiger partial charge in [0.1, 0.15) is 11.8 Å². The van der Waals surface area contributed by atoms with Gasteiger partial charge in [-0.3, -0.25) is 9.98 Å². The molecule has 0 spiro atoms. The number of rotatable bonds is 4. The predicted molar refractivity (Wildman–Crippen MR) is 115 cm³/mol. The van der Waals surface area contributed by atoms with Gasteiger partial charge in [0.2, 0.25) is 0 Å². The molecular weight excluding hydrogens is 346 g/mol. The van der Waals surface area contributed by atoms with Crippen LogP contribution < -0.4 is 5.73 Å². The first-order valence-electron chi connectivity index (χ1n) is 9.10. The molecule has 28 heavy (non-hydrogen) atoms. The van der Waals surface area contributed by atoms with Gasteiger partial charge in [-0.15, -0.1) is 0 Å². The third-order valence-corrected chi connectivity index (χ3v) is 4.18. The van der Waals surface area contributed by atoms with Gasteiger partial charge in [-0.2, -0.15) is 5.26 Å². The van der Waals surface area contributed by atoms with E-state index in [0.717, 1.165) is 27.6 Å². The molecule has 0 aliphatic rings. The SMILES string of the molecule is CC(C)(C)CN=C/C(=C\N)c1ccc(C#N)nc1-c1ccc2cccnc2c1. The maximum absolute atomic E-state index is 9.31. The predicted octanol–water partition coefficient (Wildman–Crippen LogP) is 4.58. The first-order valence-corrected chi connectivity index (χ1v) is 9.10. The van der Waals surface area contributed by atoms with Crippen molar-refractivity contribution in [2.75, 3.05) is 6.54 Å². The number of allylic oxidation sites excluding steroid dienone is 1. The van der Waals surface area contributed by atoms with E-state index in [4.69, 9.17) is 5.73 Å². The van der Waals surface area contributed by atoms with Crippen molar-refractivity contribution in [3.63, 3.8) is 0 Å². The monoisotopic (exact) mass is 369 g/mol. The average Bonchev–Trinajstić information content (AvgIpc) is 2.70. The van der Waals surface area contributed by atoms with Crippen LogP contribution >= 0.6 is 0 Å². The van der Waals surface area contributed by atoms with Crippen molar-refractivity contribution >= 4 is 22.7 Å². The Morgan fingerprint density at radius 3 is 2.75 bits per heavy atom. The Kier molecular flexibility index (Phi) is 5.51. The van der Waals surface area contributed by atoms with E-state index in [0.29, 0.717) is 17.9 Å². The Morgan fingerprint density at radius 1 is 1.21 bits per heavy atom. The molecule has 2 heterocycles. The minimum absolute atomic E-state index is 0.0893. The van der Waals surface area contributed by atoms with E-state index in [1.54, 1.807) is 18.5 Å². The van der Waals surface area contributed by atoms with E-state index in [9.17, 15) is 5.26 Å². The molecule has 0 bridgehead atoms. The fourth-order valence-corrected chi connectivity index (χ4v) is 2.81. The van der Waals surface area contributed by atoms with E-state index < -0.39 is 0 Å². The highest BCUT2D eigenvalue weighted by Crippen LogP contribution is 2.29. The fraction of sp³-hybridized carbons (Fsp3) is 0.217. The largest absolute Gasteiger partial charge is 0.404 e. The summed E-state index contributed by atoms with van der Waals surface area (Å²) in [5, 5.41) is 10.4. The number of fused-ring (bicyclic) bond motifs is 1. The van der Waals surface area contributed by atoms with Crippen LogP contribution in [0.2, 0.25) is 0 Å². The number of nitrogens with zero attached hydrogens (tertiary/aromatic N) is 4. The quantitative estimate of drug-likeness (QED) is 0.682. The number of hydrogen-bond acceptors (Lipinski definition) is 5. The molecule has 0 aliphatic heterocycles. The summed E-state index contributed by atoms with van der Waals surface area (Å²) in [5.41, 5.74) is 10.4. The minimum Gasteiger partial charge on any atom is -0.404 e. The summed E-state index contributed by atoms with van der Waals surface area (Å²) in [6, 6.07) is 15.5. The van der Waals surface area contributed by atoms with E-state index in [1.807, 2.05) is 36.4 Å². The number of aliphatic imine (C=N–C) groups is 1. The van der Waals surface area contributed by atoms with Gasteiger partial charge in [-0.05, 0) is 29.7 Å². The summed E-state index contributed by atoms with van der Waals surface area (Å²) >= 11 is 0. The van der Waals surface area contributed by atoms with Crippen molar-refractivity contribution in [2.45, 2.75) is 20.8 Å². The zero-order valence-electron chi connectivity index (χ0n) is 16.3. The van der Waals surface area contributed by atoms with Gasteiger partial charge in [0.25, 0.3) is 0 Å². The number of benzene rings is 1. The third-order valence-electron chi connectivity index (χ3n) is 4.18. The van der Waals surface area contributed by atoms with Crippen LogP contribution in [0.1, 0.15) is 32.0 Å². The van der Waals surface area contributed by atoms with Crippen molar-refractivity contribution in [3.8, 4) is 17.3 Å². The zero-order valence-corrected chi connectivity index (χ0v) is 16.3. The second kappa shape index (κ2) is 8.01. The Labute approximate surface area is 165 Å². The van der Waals surface area contributed by atoms with Gasteiger partial charge < -0.3 is 5.73 Å². The molecule has 3 rings (SSSR count). The summed E-state index contributed by atoms with van der Waals surface area (Å²) in [6.45, 7) is 7.08. The van der Waals surface area contributed by atoms with Gasteiger partial charge in [0.15, 0.2) is 0 Å². The van der Waals surface area contributed by atoms with Crippen LogP contribution in [-0.4, -0.2) is 22.7 Å². The molecule has 2 N–H and O–H groups in total. The molecule has 0 unspecified atom stereocenters. The van der Waals surface area contributed by atoms with Crippen molar-refractivity contribution < 1.29 is 0 Å². The van der Waals surface area contributed by atoms with Crippen LogP contribution in [0.3, 0.4) is 0 Å². The van der Waals surface area contributed by atoms with E-state index in [1.165, 1.54) is 6.20 Å². The number of nitrogens with two attached hydrogens (primary N) is 1. The maximum atomic E-state index is 9.31. The van der Waals surface area contributed by atoms with E-state index in [-0.39, 0.29) is 5.41 Å². The normalized spacial score (nSPS) is 12.4. The van der Waals surface area contributed by atoms with Gasteiger partial charge in [0.05, 0.1) is 11.2 Å². The van der Waals surface area contributed by atoms with Gasteiger partial charge in [-0.25, -0.2) is 4.98 Å². The second-order valence-electron chi connectivity index (χ2n) is 7.77. The molecule has 0 saturated carbocycles. The van der Waals surface area contributed by atoms with Gasteiger partial charge >= 0.3 is 0 Å². The summed E-state index contributed by atoms with van der Waals surface area (Å²) < 4.78 is 0. The number of aromatic nitrogens is 2. The number of nitriles is 1. The standard InChI is InChI=1S/C23H23N5/c1-23(2,3)15-26-14-18(12-24)20-9-8-19(13-25)28-22(20)17-7-6-16-5-4-10-27-21(16)11-17/h4-12,14H,15,24H2,1-3H3/b18-12+,26-14?. The van der Waals surface area contributed by atoms with Gasteiger partial charge in [0, 0.05) is 47.2 Å². The van der Waals surface area contributed by atoms with Crippen LogP contribution in [0, 0.1) is 16.7 Å². The highest BCUT2D eigenvalue weighted by molar-refractivity contribution is 6.12. The van der Waals surface area contributed by atoms with Crippen LogP contribution in [0.4, 0.5) is 0 Å². The van der Waals surface area contributed by atoms with Crippen LogP contribution in [0.25, 0.3) is 27.7 Å². The Hall–Kier alpha value is -3.52. The minimum atomic E-state index is 0.0893. The second-order valence-corrected chi connectivity index (χ2v) is 7.77. The molecule has 2 aromatic heterocycles. The zero-order chi connectivity index (χ0) is 20.1. The lowest BCUT2D eigenvalue weighted by molar-refractivity contribution is 0.430. The average molecular weight is 369 g/mol. The smallest absolute Gasteiger partial charge is 0.141 e. The van der Waals surface area contributed by atoms with E-state index >= 15 is 0 Å². The van der Waals surface area contributed by atoms with Gasteiger partial charge in [-0.1, -0.05) is 39.0 Å². The molecule has 0 radical (unpaired) electrons. The van der Waals surface area contributed by atoms with Crippen molar-refractivity contribution in [3.05, 3.63) is 66.1 Å². The maximum Gasteiger partial charge on any atom is 0.141 e. The lowest BCUT2D eigenvalue weighted by atomic mass is 9.97. The topological polar surface area (TPSA) is 88.0 Å². The summed E-state index contributed by atoms with van der Waals surface area (Å²) in [7, 11) is 0. The Morgan fingerprint density at radius 2 is 2.04 bits per heavy atom. The molecule has 140 valence electrons. The third kappa shape index (κ3) is 4.41. The highest BCUT2D eigenvalue weighted by Gasteiger charge is 2.13. The lowest BCUT2D eigenvalue weighted by Crippen LogP contribution is -2.09. The van der Waals surface area contributed by atoms with Crippen LogP contribution in [-0.2, 0) is 0 Å². The molecule has 0 aliphatic carbocycles. The van der Waals surface area contributed by atoms with E-state index in [2.05, 4.69) is 41.8 Å². The Bertz CT molecular complexity index is 1100. The van der Waals surface area contributed by atoms with Crippen molar-refractivity contribution in [1.82, 2.24) is 9.97 Å². The molecule has 0 saturated heterocycles. The number of hydrogen-bond donors (Lipinski definition) is 1. The molecule has 3 aromatic rings. The number of pyridine rings is 2. The molecule has 0 fully saturated rings. The first kappa shape index (κ1) is 19.2. The first-order chi connectivity index (χ1) is 13.4. The van der Waals surface area contributed by atoms with Crippen LogP contribution in [0.5, 0.6) is 0 Å². The fourth-order valence-electron chi connectivity index (χ4n) is 2.81. The lowest BCUT2D eigenvalue weighted by Gasteiger charge is -2.14. The highest BCUT2D eigenvalue weighted by atomic mass is 14.7. The summed E-state index contributed by atoms with van der Waals surface area (Å²) in [6.07, 6.45) is 5.06. The molecular formula is C23H23N5. The molecule has 5 nitrogen and oxygen atoms in total.